The van der Waals surface area contributed by atoms with E-state index in [1.54, 1.807) is 61.7 Å². The molecule has 196 valence electrons. The summed E-state index contributed by atoms with van der Waals surface area (Å²) in [6, 6.07) is 17.4. The van der Waals surface area contributed by atoms with Gasteiger partial charge in [0.1, 0.15) is 18.9 Å². The van der Waals surface area contributed by atoms with Crippen LogP contribution in [0, 0.1) is 0 Å². The summed E-state index contributed by atoms with van der Waals surface area (Å²) in [5.74, 6) is 0.534. The molecule has 0 bridgehead atoms. The van der Waals surface area contributed by atoms with Gasteiger partial charge in [-0.25, -0.2) is 0 Å². The maximum absolute atomic E-state index is 12.9. The maximum atomic E-state index is 12.9. The fourth-order valence-electron chi connectivity index (χ4n) is 3.47. The summed E-state index contributed by atoms with van der Waals surface area (Å²) in [4.78, 5) is 39.0. The Hall–Kier alpha value is -3.47. The van der Waals surface area contributed by atoms with E-state index in [-0.39, 0.29) is 4.91 Å². The number of rotatable bonds is 9. The Labute approximate surface area is 237 Å². The summed E-state index contributed by atoms with van der Waals surface area (Å²) < 4.78 is 17.1. The van der Waals surface area contributed by atoms with Crippen LogP contribution in [0.15, 0.2) is 70.0 Å². The third-order valence-electron chi connectivity index (χ3n) is 5.43. The van der Waals surface area contributed by atoms with Gasteiger partial charge in [0.2, 0.25) is 5.91 Å². The van der Waals surface area contributed by atoms with Crippen LogP contribution in [-0.2, 0) is 16.2 Å². The van der Waals surface area contributed by atoms with Crippen molar-refractivity contribution in [1.29, 1.82) is 0 Å². The monoisotopic (exact) mass is 616 g/mol. The van der Waals surface area contributed by atoms with Crippen molar-refractivity contribution in [1.82, 2.24) is 4.90 Å². The quantitative estimate of drug-likeness (QED) is 0.279. The zero-order valence-corrected chi connectivity index (χ0v) is 23.5. The fourth-order valence-corrected chi connectivity index (χ4v) is 4.86. The van der Waals surface area contributed by atoms with Gasteiger partial charge in [0.15, 0.2) is 11.5 Å². The normalized spacial score (nSPS) is 14.1. The van der Waals surface area contributed by atoms with E-state index in [2.05, 4.69) is 21.2 Å². The molecular formula is C27H22BrClN2O6S. The molecule has 1 fully saturated rings. The summed E-state index contributed by atoms with van der Waals surface area (Å²) in [6.07, 6.45) is 1.57. The minimum Gasteiger partial charge on any atom is -0.497 e. The number of benzene rings is 3. The molecule has 3 amide bonds. The lowest BCUT2D eigenvalue weighted by Gasteiger charge is -2.13. The first-order valence-electron chi connectivity index (χ1n) is 11.2. The number of hydrogen-bond acceptors (Lipinski definition) is 7. The summed E-state index contributed by atoms with van der Waals surface area (Å²) >= 11 is 10.2. The highest BCUT2D eigenvalue weighted by Gasteiger charge is 2.36. The molecule has 1 N–H and O–H groups in total. The van der Waals surface area contributed by atoms with Gasteiger partial charge in [-0.2, -0.15) is 0 Å². The zero-order valence-electron chi connectivity index (χ0n) is 20.3. The van der Waals surface area contributed by atoms with E-state index in [0.29, 0.717) is 44.6 Å². The van der Waals surface area contributed by atoms with Crippen molar-refractivity contribution in [3.8, 4) is 17.2 Å². The van der Waals surface area contributed by atoms with E-state index in [4.69, 9.17) is 25.8 Å². The van der Waals surface area contributed by atoms with Gasteiger partial charge in [-0.1, -0.05) is 39.7 Å². The molecular weight excluding hydrogens is 596 g/mol. The highest BCUT2D eigenvalue weighted by Crippen LogP contribution is 2.38. The summed E-state index contributed by atoms with van der Waals surface area (Å²) in [7, 11) is 3.05. The Morgan fingerprint density at radius 2 is 1.74 bits per heavy atom. The molecule has 38 heavy (non-hydrogen) atoms. The number of nitrogens with zero attached hydrogens (tertiary/aromatic N) is 1. The van der Waals surface area contributed by atoms with Crippen molar-refractivity contribution in [3.63, 3.8) is 0 Å². The van der Waals surface area contributed by atoms with E-state index in [0.717, 1.165) is 22.2 Å². The van der Waals surface area contributed by atoms with E-state index in [9.17, 15) is 14.4 Å². The largest absolute Gasteiger partial charge is 0.497 e. The Kier molecular flexibility index (Phi) is 8.98. The third kappa shape index (κ3) is 6.69. The molecule has 4 rings (SSSR count). The summed E-state index contributed by atoms with van der Waals surface area (Å²) in [6.45, 7) is -0.104. The highest BCUT2D eigenvalue weighted by molar-refractivity contribution is 9.10. The van der Waals surface area contributed by atoms with Crippen LogP contribution in [-0.4, -0.2) is 42.7 Å². The number of carbonyl (C=O) groups is 3. The molecule has 0 aliphatic carbocycles. The summed E-state index contributed by atoms with van der Waals surface area (Å²) in [5, 5.41) is 2.78. The van der Waals surface area contributed by atoms with Gasteiger partial charge < -0.3 is 19.5 Å². The second-order valence-corrected chi connectivity index (χ2v) is 10.3. The minimum absolute atomic E-state index is 0.185. The molecule has 0 atom stereocenters. The van der Waals surface area contributed by atoms with Crippen molar-refractivity contribution < 1.29 is 28.6 Å². The van der Waals surface area contributed by atoms with Crippen LogP contribution < -0.4 is 19.5 Å². The molecule has 3 aromatic rings. The minimum atomic E-state index is -0.557. The molecule has 1 saturated heterocycles. The molecule has 11 heteroatoms. The van der Waals surface area contributed by atoms with E-state index in [1.165, 1.54) is 7.11 Å². The zero-order chi connectivity index (χ0) is 27.2. The molecule has 0 saturated carbocycles. The Balaban J connectivity index is 1.45. The molecule has 0 spiro atoms. The number of anilines is 1. The second kappa shape index (κ2) is 12.4. The average molecular weight is 618 g/mol. The smallest absolute Gasteiger partial charge is 0.294 e. The Morgan fingerprint density at radius 3 is 2.39 bits per heavy atom. The number of amides is 3. The predicted octanol–water partition coefficient (Wildman–Crippen LogP) is 6.37. The van der Waals surface area contributed by atoms with Crippen LogP contribution in [0.5, 0.6) is 17.2 Å². The first kappa shape index (κ1) is 27.6. The third-order valence-corrected chi connectivity index (χ3v) is 7.27. The lowest BCUT2D eigenvalue weighted by atomic mass is 10.1. The first-order chi connectivity index (χ1) is 18.3. The average Bonchev–Trinajstić information content (AvgIpc) is 3.17. The molecule has 0 unspecified atom stereocenters. The molecule has 1 heterocycles. The van der Waals surface area contributed by atoms with Crippen LogP contribution in [0.25, 0.3) is 6.08 Å². The van der Waals surface area contributed by atoms with Crippen LogP contribution in [0.2, 0.25) is 5.02 Å². The predicted molar refractivity (Wildman–Crippen MR) is 151 cm³/mol. The maximum Gasteiger partial charge on any atom is 0.294 e. The number of methoxy groups -OCH3 is 2. The molecule has 0 radical (unpaired) electrons. The number of carbonyl (C=O) groups excluding carboxylic acids is 3. The van der Waals surface area contributed by atoms with E-state index >= 15 is 0 Å². The van der Waals surface area contributed by atoms with Gasteiger partial charge >= 0.3 is 0 Å². The number of ether oxygens (including phenoxy) is 3. The van der Waals surface area contributed by atoms with E-state index in [1.807, 2.05) is 12.1 Å². The first-order valence-corrected chi connectivity index (χ1v) is 13.2. The number of nitrogens with one attached hydrogen (secondary N) is 1. The van der Waals surface area contributed by atoms with Crippen LogP contribution in [0.1, 0.15) is 11.1 Å². The van der Waals surface area contributed by atoms with Crippen LogP contribution >= 0.6 is 39.3 Å². The van der Waals surface area contributed by atoms with Gasteiger partial charge in [0.25, 0.3) is 11.1 Å². The summed E-state index contributed by atoms with van der Waals surface area (Å²) in [5.41, 5.74) is 2.06. The lowest BCUT2D eigenvalue weighted by Crippen LogP contribution is -2.36. The molecule has 1 aliphatic heterocycles. The molecule has 1 aliphatic rings. The highest BCUT2D eigenvalue weighted by atomic mass is 79.9. The standard InChI is InChI=1S/C27H22BrClN2O6S/c1-35-20-9-7-19(8-10-20)30-25(32)14-31-26(33)24(38-27(31)34)12-17-11-22(36-2)23(13-21(17)28)37-15-16-3-5-18(29)6-4-16/h3-13H,14-15H2,1-2H3,(H,30,32)/b24-12+. The topological polar surface area (TPSA) is 94.2 Å². The van der Waals surface area contributed by atoms with Gasteiger partial charge in [0.05, 0.1) is 19.1 Å². The van der Waals surface area contributed by atoms with Crippen molar-refractivity contribution in [2.24, 2.45) is 0 Å². The van der Waals surface area contributed by atoms with Gasteiger partial charge in [-0.05, 0) is 77.5 Å². The van der Waals surface area contributed by atoms with Crippen molar-refractivity contribution in [3.05, 3.63) is 86.2 Å². The van der Waals surface area contributed by atoms with Crippen molar-refractivity contribution >= 4 is 68.1 Å². The second-order valence-electron chi connectivity index (χ2n) is 7.98. The number of halogens is 2. The Morgan fingerprint density at radius 1 is 1.03 bits per heavy atom. The number of imide groups is 1. The van der Waals surface area contributed by atoms with Crippen molar-refractivity contribution in [2.75, 3.05) is 26.1 Å². The SMILES string of the molecule is COc1ccc(NC(=O)CN2C(=O)S/C(=C/c3cc(OC)c(OCc4ccc(Cl)cc4)cc3Br)C2=O)cc1. The number of thioether (sulfide) groups is 1. The van der Waals surface area contributed by atoms with E-state index < -0.39 is 23.6 Å². The van der Waals surface area contributed by atoms with Gasteiger partial charge in [-0.15, -0.1) is 0 Å². The lowest BCUT2D eigenvalue weighted by molar-refractivity contribution is -0.127. The van der Waals surface area contributed by atoms with Crippen molar-refractivity contribution in [2.45, 2.75) is 6.61 Å². The Bertz CT molecular complexity index is 1400. The molecule has 8 nitrogen and oxygen atoms in total. The van der Waals surface area contributed by atoms with Crippen LogP contribution in [0.3, 0.4) is 0 Å². The molecule has 3 aromatic carbocycles. The van der Waals surface area contributed by atoms with Gasteiger partial charge in [-0.3, -0.25) is 19.3 Å². The van der Waals surface area contributed by atoms with Gasteiger partial charge in [0, 0.05) is 15.2 Å². The number of hydrogen-bond donors (Lipinski definition) is 1. The molecule has 0 aromatic heterocycles. The van der Waals surface area contributed by atoms with Crippen LogP contribution in [0.4, 0.5) is 10.5 Å². The fraction of sp³-hybridized carbons (Fsp3) is 0.148.